The zero-order valence-electron chi connectivity index (χ0n) is 14.9. The monoisotopic (exact) mass is 351 g/mol. The SMILES string of the molecule is NC(=O)C1=C2CCC(=N2)C=C2CCC(=N2)C=C2CCC(N2)C2CCC1N2. The predicted octanol–water partition coefficient (Wildman–Crippen LogP) is 1.85. The number of hydrogen-bond donors (Lipinski definition) is 3. The minimum Gasteiger partial charge on any atom is -0.384 e. The molecule has 4 N–H and O–H groups in total. The molecule has 0 aliphatic carbocycles. The standard InChI is InChI=1S/C20H25N5O/c21-20(26)19-17-6-4-14(24-17)10-12-2-1-11(22-12)9-13-3-5-15(23-13)16-7-8-18(19)25-16/h9-10,15-16,18,23,25H,1-8H2,(H2,21,26). The van der Waals surface area contributed by atoms with Crippen molar-refractivity contribution in [1.82, 2.24) is 10.6 Å². The van der Waals surface area contributed by atoms with Gasteiger partial charge in [0.1, 0.15) is 0 Å². The number of carbonyl (C=O) groups is 1. The van der Waals surface area contributed by atoms with Crippen molar-refractivity contribution in [2.45, 2.75) is 69.5 Å². The summed E-state index contributed by atoms with van der Waals surface area (Å²) >= 11 is 0. The predicted molar refractivity (Wildman–Crippen MR) is 102 cm³/mol. The Morgan fingerprint density at radius 1 is 0.962 bits per heavy atom. The van der Waals surface area contributed by atoms with Gasteiger partial charge >= 0.3 is 0 Å². The van der Waals surface area contributed by atoms with E-state index < -0.39 is 0 Å². The van der Waals surface area contributed by atoms with Crippen LogP contribution in [0.15, 0.2) is 44.8 Å². The number of aliphatic imine (C=N–C) groups is 2. The topological polar surface area (TPSA) is 91.9 Å². The molecule has 5 rings (SSSR count). The van der Waals surface area contributed by atoms with Gasteiger partial charge in [-0.25, -0.2) is 0 Å². The van der Waals surface area contributed by atoms with Crippen molar-refractivity contribution in [2.75, 3.05) is 0 Å². The summed E-state index contributed by atoms with van der Waals surface area (Å²) in [5.41, 5.74) is 11.9. The van der Waals surface area contributed by atoms with Gasteiger partial charge in [-0.3, -0.25) is 14.8 Å². The molecule has 0 aromatic carbocycles. The molecule has 5 heterocycles. The Kier molecular flexibility index (Phi) is 3.81. The third-order valence-corrected chi connectivity index (χ3v) is 6.18. The van der Waals surface area contributed by atoms with Crippen molar-refractivity contribution in [2.24, 2.45) is 15.7 Å². The van der Waals surface area contributed by atoms with Crippen molar-refractivity contribution in [3.05, 3.63) is 34.8 Å². The number of carbonyl (C=O) groups excluding carboxylic acids is 1. The van der Waals surface area contributed by atoms with Gasteiger partial charge in [-0.15, -0.1) is 0 Å². The Hall–Kier alpha value is -2.21. The fourth-order valence-corrected chi connectivity index (χ4v) is 4.93. The minimum atomic E-state index is -0.332. The number of rotatable bonds is 1. The zero-order valence-corrected chi connectivity index (χ0v) is 14.9. The molecule has 2 fully saturated rings. The summed E-state index contributed by atoms with van der Waals surface area (Å²) in [6, 6.07) is 0.809. The molecule has 6 heteroatoms. The number of allylic oxidation sites excluding steroid dienone is 5. The lowest BCUT2D eigenvalue weighted by molar-refractivity contribution is -0.114. The van der Waals surface area contributed by atoms with E-state index in [1.54, 1.807) is 0 Å². The molecule has 8 bridgehead atoms. The van der Waals surface area contributed by atoms with Crippen LogP contribution in [0, 0.1) is 0 Å². The molecule has 0 spiro atoms. The number of nitrogens with one attached hydrogen (secondary N) is 2. The summed E-state index contributed by atoms with van der Waals surface area (Å²) in [5.74, 6) is -0.332. The van der Waals surface area contributed by atoms with Gasteiger partial charge in [-0.05, 0) is 63.5 Å². The van der Waals surface area contributed by atoms with Crippen molar-refractivity contribution >= 4 is 17.3 Å². The van der Waals surface area contributed by atoms with Gasteiger partial charge in [0, 0.05) is 40.9 Å². The average Bonchev–Trinajstić information content (AvgIpc) is 3.36. The van der Waals surface area contributed by atoms with Gasteiger partial charge in [-0.1, -0.05) is 0 Å². The molecule has 3 atom stereocenters. The van der Waals surface area contributed by atoms with Crippen molar-refractivity contribution in [1.29, 1.82) is 0 Å². The van der Waals surface area contributed by atoms with Crippen LogP contribution in [-0.4, -0.2) is 35.5 Å². The van der Waals surface area contributed by atoms with Crippen LogP contribution in [0.3, 0.4) is 0 Å². The van der Waals surface area contributed by atoms with Gasteiger partial charge in [0.25, 0.3) is 0 Å². The van der Waals surface area contributed by atoms with Crippen molar-refractivity contribution in [3.8, 4) is 0 Å². The Morgan fingerprint density at radius 2 is 1.81 bits per heavy atom. The molecular weight excluding hydrogens is 326 g/mol. The average molecular weight is 351 g/mol. The minimum absolute atomic E-state index is 0.0266. The number of nitrogens with two attached hydrogens (primary N) is 1. The summed E-state index contributed by atoms with van der Waals surface area (Å²) in [6.45, 7) is 0. The number of fused-ring (bicyclic) bond motifs is 7. The Balaban J connectivity index is 1.58. The molecule has 0 aromatic rings. The van der Waals surface area contributed by atoms with Crippen molar-refractivity contribution < 1.29 is 4.79 Å². The fraction of sp³-hybridized carbons (Fsp3) is 0.550. The second kappa shape index (κ2) is 6.20. The van der Waals surface area contributed by atoms with Crippen LogP contribution in [-0.2, 0) is 4.79 Å². The molecule has 5 aliphatic rings. The fourth-order valence-electron chi connectivity index (χ4n) is 4.93. The lowest BCUT2D eigenvalue weighted by Crippen LogP contribution is -2.44. The van der Waals surface area contributed by atoms with E-state index in [-0.39, 0.29) is 11.9 Å². The van der Waals surface area contributed by atoms with Crippen LogP contribution in [0.4, 0.5) is 0 Å². The van der Waals surface area contributed by atoms with Crippen LogP contribution in [0.25, 0.3) is 0 Å². The van der Waals surface area contributed by atoms with Crippen molar-refractivity contribution in [3.63, 3.8) is 0 Å². The van der Waals surface area contributed by atoms with Gasteiger partial charge in [-0.2, -0.15) is 0 Å². The first-order valence-electron chi connectivity index (χ1n) is 9.77. The number of primary amides is 1. The molecule has 1 amide bonds. The molecule has 2 saturated heterocycles. The molecule has 3 unspecified atom stereocenters. The first kappa shape index (κ1) is 16.0. The van der Waals surface area contributed by atoms with Crippen LogP contribution < -0.4 is 16.4 Å². The van der Waals surface area contributed by atoms with E-state index in [1.165, 1.54) is 11.4 Å². The van der Waals surface area contributed by atoms with Crippen LogP contribution >= 0.6 is 0 Å². The normalized spacial score (nSPS) is 33.0. The Labute approximate surface area is 153 Å². The lowest BCUT2D eigenvalue weighted by Gasteiger charge is -2.22. The zero-order chi connectivity index (χ0) is 17.7. The number of amides is 1. The third kappa shape index (κ3) is 2.82. The maximum Gasteiger partial charge on any atom is 0.248 e. The van der Waals surface area contributed by atoms with E-state index in [0.29, 0.717) is 17.7 Å². The molecule has 6 nitrogen and oxygen atoms in total. The molecule has 0 radical (unpaired) electrons. The number of nitrogens with zero attached hydrogens (tertiary/aromatic N) is 2. The summed E-state index contributed by atoms with van der Waals surface area (Å²) in [6.07, 6.45) is 12.2. The van der Waals surface area contributed by atoms with E-state index in [2.05, 4.69) is 22.8 Å². The Bertz CT molecular complexity index is 816. The quantitative estimate of drug-likeness (QED) is 0.673. The first-order valence-corrected chi connectivity index (χ1v) is 9.77. The first-order chi connectivity index (χ1) is 12.7. The second-order valence-electron chi connectivity index (χ2n) is 7.93. The highest BCUT2D eigenvalue weighted by molar-refractivity contribution is 6.02. The largest absolute Gasteiger partial charge is 0.384 e. The smallest absolute Gasteiger partial charge is 0.248 e. The van der Waals surface area contributed by atoms with Crippen LogP contribution in [0.1, 0.15) is 51.4 Å². The summed E-state index contributed by atoms with van der Waals surface area (Å²) < 4.78 is 0. The van der Waals surface area contributed by atoms with E-state index in [0.717, 1.165) is 68.5 Å². The summed E-state index contributed by atoms with van der Waals surface area (Å²) in [7, 11) is 0. The van der Waals surface area contributed by atoms with E-state index in [1.807, 2.05) is 0 Å². The Morgan fingerprint density at radius 3 is 2.69 bits per heavy atom. The van der Waals surface area contributed by atoms with Gasteiger partial charge in [0.05, 0.1) is 11.3 Å². The lowest BCUT2D eigenvalue weighted by atomic mass is 10.0. The van der Waals surface area contributed by atoms with Gasteiger partial charge < -0.3 is 16.4 Å². The number of hydrogen-bond acceptors (Lipinski definition) is 5. The molecule has 26 heavy (non-hydrogen) atoms. The van der Waals surface area contributed by atoms with E-state index in [9.17, 15) is 4.79 Å². The molecule has 5 aliphatic heterocycles. The maximum absolute atomic E-state index is 12.2. The highest BCUT2D eigenvalue weighted by Crippen LogP contribution is 2.32. The molecular formula is C20H25N5O. The summed E-state index contributed by atoms with van der Waals surface area (Å²) in [5, 5.41) is 7.36. The third-order valence-electron chi connectivity index (χ3n) is 6.18. The van der Waals surface area contributed by atoms with Gasteiger partial charge in [0.15, 0.2) is 0 Å². The van der Waals surface area contributed by atoms with Gasteiger partial charge in [0.2, 0.25) is 5.91 Å². The van der Waals surface area contributed by atoms with Crippen LogP contribution in [0.2, 0.25) is 0 Å². The molecule has 136 valence electrons. The molecule has 0 saturated carbocycles. The molecule has 0 aromatic heterocycles. The summed E-state index contributed by atoms with van der Waals surface area (Å²) in [4.78, 5) is 21.8. The van der Waals surface area contributed by atoms with E-state index in [4.69, 9.17) is 15.7 Å². The van der Waals surface area contributed by atoms with Crippen LogP contribution in [0.5, 0.6) is 0 Å². The highest BCUT2D eigenvalue weighted by Gasteiger charge is 2.37. The highest BCUT2D eigenvalue weighted by atomic mass is 16.1. The second-order valence-corrected chi connectivity index (χ2v) is 7.93. The maximum atomic E-state index is 12.2. The van der Waals surface area contributed by atoms with E-state index >= 15 is 0 Å².